The Bertz CT molecular complexity index is 366. The molecule has 0 saturated carbocycles. The number of benzene rings is 1. The lowest BCUT2D eigenvalue weighted by Crippen LogP contribution is -1.97. The van der Waals surface area contributed by atoms with Crippen molar-refractivity contribution < 1.29 is 17.7 Å². The van der Waals surface area contributed by atoms with Gasteiger partial charge in [0.05, 0.1) is 18.0 Å². The fraction of sp³-hybridized carbons (Fsp3) is 0.125. The van der Waals surface area contributed by atoms with Gasteiger partial charge in [-0.3, -0.25) is 8.98 Å². The standard InChI is InChI=1S/C8H7ClO4S/c9-8-3-6(4-10)1-2-7(8)5-13-14(11)12/h1-4H,5H2,(H,11,12)/p-1. The molecular formula is C8H6ClO4S-. The average molecular weight is 234 g/mol. The third-order valence-electron chi connectivity index (χ3n) is 1.52. The van der Waals surface area contributed by atoms with Gasteiger partial charge in [0.15, 0.2) is 0 Å². The summed E-state index contributed by atoms with van der Waals surface area (Å²) in [5, 5.41) is 0.306. The lowest BCUT2D eigenvalue weighted by atomic mass is 10.1. The molecule has 0 aliphatic rings. The van der Waals surface area contributed by atoms with Gasteiger partial charge in [0.1, 0.15) is 6.29 Å². The zero-order chi connectivity index (χ0) is 10.6. The van der Waals surface area contributed by atoms with Gasteiger partial charge in [0, 0.05) is 10.6 Å². The van der Waals surface area contributed by atoms with Crippen LogP contribution in [0.3, 0.4) is 0 Å². The van der Waals surface area contributed by atoms with Crippen molar-refractivity contribution in [2.75, 3.05) is 0 Å². The topological polar surface area (TPSA) is 66.4 Å². The zero-order valence-electron chi connectivity index (χ0n) is 6.94. The number of carbonyl (C=O) groups excluding carboxylic acids is 1. The van der Waals surface area contributed by atoms with Crippen molar-refractivity contribution in [2.45, 2.75) is 6.61 Å². The Morgan fingerprint density at radius 1 is 1.57 bits per heavy atom. The number of hydrogen-bond donors (Lipinski definition) is 0. The van der Waals surface area contributed by atoms with Crippen molar-refractivity contribution in [3.63, 3.8) is 0 Å². The van der Waals surface area contributed by atoms with Gasteiger partial charge in [-0.15, -0.1) is 0 Å². The largest absolute Gasteiger partial charge is 0.750 e. The second kappa shape index (κ2) is 5.21. The Hall–Kier alpha value is -0.750. The van der Waals surface area contributed by atoms with E-state index in [9.17, 15) is 13.6 Å². The second-order valence-electron chi connectivity index (χ2n) is 2.44. The average Bonchev–Trinajstić information content (AvgIpc) is 2.15. The number of aldehydes is 1. The smallest absolute Gasteiger partial charge is 0.150 e. The van der Waals surface area contributed by atoms with Gasteiger partial charge in [0.25, 0.3) is 0 Å². The summed E-state index contributed by atoms with van der Waals surface area (Å²) < 4.78 is 24.5. The number of rotatable bonds is 4. The number of carbonyl (C=O) groups is 1. The van der Waals surface area contributed by atoms with E-state index in [4.69, 9.17) is 11.6 Å². The van der Waals surface area contributed by atoms with Gasteiger partial charge in [-0.05, 0) is 11.6 Å². The van der Waals surface area contributed by atoms with Gasteiger partial charge in [-0.1, -0.05) is 23.7 Å². The van der Waals surface area contributed by atoms with Gasteiger partial charge < -0.3 is 4.55 Å². The quantitative estimate of drug-likeness (QED) is 0.583. The van der Waals surface area contributed by atoms with E-state index in [2.05, 4.69) is 4.18 Å². The van der Waals surface area contributed by atoms with Crippen LogP contribution in [0, 0.1) is 0 Å². The van der Waals surface area contributed by atoms with E-state index < -0.39 is 11.4 Å². The fourth-order valence-corrected chi connectivity index (χ4v) is 1.33. The van der Waals surface area contributed by atoms with Crippen molar-refractivity contribution in [1.29, 1.82) is 0 Å². The van der Waals surface area contributed by atoms with Gasteiger partial charge in [-0.25, -0.2) is 4.21 Å². The molecule has 0 bridgehead atoms. The molecular weight excluding hydrogens is 228 g/mol. The van der Waals surface area contributed by atoms with Crippen LogP contribution in [0.4, 0.5) is 0 Å². The summed E-state index contributed by atoms with van der Waals surface area (Å²) in [6.07, 6.45) is 0.655. The molecule has 1 aromatic carbocycles. The Kier molecular flexibility index (Phi) is 4.21. The summed E-state index contributed by atoms with van der Waals surface area (Å²) in [7, 11) is 0. The van der Waals surface area contributed by atoms with Crippen LogP contribution in [0.1, 0.15) is 15.9 Å². The molecule has 76 valence electrons. The van der Waals surface area contributed by atoms with Crippen molar-refractivity contribution in [3.8, 4) is 0 Å². The summed E-state index contributed by atoms with van der Waals surface area (Å²) in [5.41, 5.74) is 0.948. The van der Waals surface area contributed by atoms with E-state index in [1.165, 1.54) is 12.1 Å². The van der Waals surface area contributed by atoms with Gasteiger partial charge in [0.2, 0.25) is 0 Å². The minimum atomic E-state index is -2.56. The third kappa shape index (κ3) is 3.19. The molecule has 0 aromatic heterocycles. The van der Waals surface area contributed by atoms with Crippen molar-refractivity contribution in [2.24, 2.45) is 0 Å². The minimum absolute atomic E-state index is 0.131. The summed E-state index contributed by atoms with van der Waals surface area (Å²) in [6.45, 7) is -0.131. The Labute approximate surface area is 88.3 Å². The van der Waals surface area contributed by atoms with E-state index in [0.29, 0.717) is 22.4 Å². The van der Waals surface area contributed by atoms with Crippen LogP contribution in [-0.4, -0.2) is 15.0 Å². The summed E-state index contributed by atoms with van der Waals surface area (Å²) in [6, 6.07) is 4.52. The minimum Gasteiger partial charge on any atom is -0.750 e. The number of hydrogen-bond acceptors (Lipinski definition) is 4. The van der Waals surface area contributed by atoms with Gasteiger partial charge >= 0.3 is 0 Å². The molecule has 0 spiro atoms. The Morgan fingerprint density at radius 3 is 2.79 bits per heavy atom. The van der Waals surface area contributed by atoms with Gasteiger partial charge in [-0.2, -0.15) is 0 Å². The molecule has 0 aliphatic carbocycles. The van der Waals surface area contributed by atoms with E-state index in [-0.39, 0.29) is 6.61 Å². The van der Waals surface area contributed by atoms with Crippen molar-refractivity contribution >= 4 is 29.2 Å². The van der Waals surface area contributed by atoms with Crippen molar-refractivity contribution in [1.82, 2.24) is 0 Å². The van der Waals surface area contributed by atoms with E-state index in [0.717, 1.165) is 0 Å². The molecule has 1 aromatic rings. The molecule has 14 heavy (non-hydrogen) atoms. The van der Waals surface area contributed by atoms with Crippen LogP contribution in [0.2, 0.25) is 5.02 Å². The third-order valence-corrected chi connectivity index (χ3v) is 2.19. The first-order valence-electron chi connectivity index (χ1n) is 3.59. The first kappa shape index (κ1) is 11.3. The summed E-state index contributed by atoms with van der Waals surface area (Å²) >= 11 is 3.19. The van der Waals surface area contributed by atoms with Crippen LogP contribution in [0.15, 0.2) is 18.2 Å². The molecule has 0 aliphatic heterocycles. The molecule has 0 amide bonds. The normalized spacial score (nSPS) is 12.4. The molecule has 1 atom stereocenters. The first-order chi connectivity index (χ1) is 6.63. The Balaban J connectivity index is 2.78. The fourth-order valence-electron chi connectivity index (χ4n) is 0.866. The zero-order valence-corrected chi connectivity index (χ0v) is 8.51. The maximum Gasteiger partial charge on any atom is 0.150 e. The van der Waals surface area contributed by atoms with Crippen molar-refractivity contribution in [3.05, 3.63) is 34.3 Å². The van der Waals surface area contributed by atoms with Crippen LogP contribution in [-0.2, 0) is 22.2 Å². The molecule has 1 unspecified atom stereocenters. The monoisotopic (exact) mass is 233 g/mol. The second-order valence-corrected chi connectivity index (χ2v) is 3.49. The highest BCUT2D eigenvalue weighted by Gasteiger charge is 2.01. The van der Waals surface area contributed by atoms with Crippen LogP contribution in [0.5, 0.6) is 0 Å². The van der Waals surface area contributed by atoms with E-state index in [1.807, 2.05) is 0 Å². The molecule has 1 rings (SSSR count). The van der Waals surface area contributed by atoms with Crippen LogP contribution >= 0.6 is 11.6 Å². The highest BCUT2D eigenvalue weighted by Crippen LogP contribution is 2.18. The lowest BCUT2D eigenvalue weighted by molar-refractivity contribution is 0.112. The summed E-state index contributed by atoms with van der Waals surface area (Å²) in [4.78, 5) is 10.3. The number of halogens is 1. The molecule has 0 heterocycles. The maximum absolute atomic E-state index is 10.3. The van der Waals surface area contributed by atoms with Crippen LogP contribution < -0.4 is 0 Å². The highest BCUT2D eigenvalue weighted by atomic mass is 35.5. The molecule has 4 nitrogen and oxygen atoms in total. The van der Waals surface area contributed by atoms with E-state index >= 15 is 0 Å². The first-order valence-corrected chi connectivity index (χ1v) is 4.97. The predicted molar refractivity (Wildman–Crippen MR) is 50.5 cm³/mol. The molecule has 0 saturated heterocycles. The maximum atomic E-state index is 10.3. The molecule has 0 radical (unpaired) electrons. The Morgan fingerprint density at radius 2 is 2.29 bits per heavy atom. The lowest BCUT2D eigenvalue weighted by Gasteiger charge is -2.07. The predicted octanol–water partition coefficient (Wildman–Crippen LogP) is 1.46. The molecule has 0 fully saturated rings. The summed E-state index contributed by atoms with van der Waals surface area (Å²) in [5.74, 6) is 0. The van der Waals surface area contributed by atoms with Crippen LogP contribution in [0.25, 0.3) is 0 Å². The molecule has 6 heteroatoms. The van der Waals surface area contributed by atoms with E-state index in [1.54, 1.807) is 6.07 Å². The SMILES string of the molecule is O=Cc1ccc(COS(=O)[O-])c(Cl)c1. The molecule has 0 N–H and O–H groups in total. The highest BCUT2D eigenvalue weighted by molar-refractivity contribution is 7.74.